The predicted octanol–water partition coefficient (Wildman–Crippen LogP) is 3.78. The number of fused-ring (bicyclic) bond motifs is 1. The quantitative estimate of drug-likeness (QED) is 0.583. The highest BCUT2D eigenvalue weighted by molar-refractivity contribution is 6.42. The Labute approximate surface area is 97.4 Å². The maximum absolute atomic E-state index is 11.5. The molecule has 1 aromatic rings. The third kappa shape index (κ3) is 1.75. The van der Waals surface area contributed by atoms with Crippen LogP contribution in [0.4, 0.5) is 0 Å². The molecule has 0 aliphatic carbocycles. The van der Waals surface area contributed by atoms with Crippen LogP contribution in [0.2, 0.25) is 10.0 Å². The Balaban J connectivity index is 2.50. The molecular formula is C11H8Cl2O2. The standard InChI is InChI=1S/C11H8Cl2O2/c1-2-3-10-6-4-8(12)9(13)5-7(6)11(14)15-10/h2,4-5,10H,1,3H2/t10-/m0/s1. The van der Waals surface area contributed by atoms with E-state index >= 15 is 0 Å². The molecule has 0 unspecified atom stereocenters. The van der Waals surface area contributed by atoms with Gasteiger partial charge in [-0.3, -0.25) is 0 Å². The number of hydrogen-bond donors (Lipinski definition) is 0. The first-order chi connectivity index (χ1) is 7.13. The van der Waals surface area contributed by atoms with Crippen molar-refractivity contribution in [2.45, 2.75) is 12.5 Å². The van der Waals surface area contributed by atoms with Crippen LogP contribution in [0.1, 0.15) is 28.4 Å². The normalized spacial score (nSPS) is 18.5. The molecule has 0 bridgehead atoms. The van der Waals surface area contributed by atoms with Crippen molar-refractivity contribution in [3.63, 3.8) is 0 Å². The molecule has 0 saturated carbocycles. The van der Waals surface area contributed by atoms with Crippen molar-refractivity contribution in [2.75, 3.05) is 0 Å². The Morgan fingerprint density at radius 1 is 1.40 bits per heavy atom. The second-order valence-electron chi connectivity index (χ2n) is 3.27. The van der Waals surface area contributed by atoms with Gasteiger partial charge in [0.1, 0.15) is 6.10 Å². The van der Waals surface area contributed by atoms with Crippen LogP contribution in [0, 0.1) is 0 Å². The Kier molecular flexibility index (Phi) is 2.72. The number of benzene rings is 1. The van der Waals surface area contributed by atoms with Crippen LogP contribution in [0.15, 0.2) is 24.8 Å². The Morgan fingerprint density at radius 3 is 2.73 bits per heavy atom. The number of rotatable bonds is 2. The molecule has 2 nitrogen and oxygen atoms in total. The molecule has 2 rings (SSSR count). The third-order valence-corrected chi connectivity index (χ3v) is 3.01. The van der Waals surface area contributed by atoms with Crippen LogP contribution in [-0.2, 0) is 4.74 Å². The van der Waals surface area contributed by atoms with E-state index in [2.05, 4.69) is 6.58 Å². The molecule has 1 aliphatic rings. The van der Waals surface area contributed by atoms with Crippen molar-refractivity contribution in [3.05, 3.63) is 46.0 Å². The summed E-state index contributed by atoms with van der Waals surface area (Å²) in [6.45, 7) is 3.61. The molecule has 0 spiro atoms. The lowest BCUT2D eigenvalue weighted by Gasteiger charge is -2.07. The monoisotopic (exact) mass is 242 g/mol. The molecule has 1 atom stereocenters. The second kappa shape index (κ2) is 3.87. The van der Waals surface area contributed by atoms with Gasteiger partial charge in [-0.25, -0.2) is 4.79 Å². The molecular weight excluding hydrogens is 235 g/mol. The molecule has 1 aromatic carbocycles. The average molecular weight is 243 g/mol. The number of ether oxygens (including phenoxy) is 1. The van der Waals surface area contributed by atoms with Gasteiger partial charge in [0, 0.05) is 12.0 Å². The molecule has 1 aliphatic heterocycles. The highest BCUT2D eigenvalue weighted by atomic mass is 35.5. The van der Waals surface area contributed by atoms with Crippen LogP contribution in [0.25, 0.3) is 0 Å². The molecule has 1 heterocycles. The van der Waals surface area contributed by atoms with E-state index in [4.69, 9.17) is 27.9 Å². The lowest BCUT2D eigenvalue weighted by molar-refractivity contribution is 0.0392. The summed E-state index contributed by atoms with van der Waals surface area (Å²) in [6.07, 6.45) is 2.01. The van der Waals surface area contributed by atoms with E-state index in [1.165, 1.54) is 0 Å². The van der Waals surface area contributed by atoms with Crippen LogP contribution < -0.4 is 0 Å². The van der Waals surface area contributed by atoms with Crippen LogP contribution in [0.3, 0.4) is 0 Å². The molecule has 0 amide bonds. The first kappa shape index (κ1) is 10.5. The smallest absolute Gasteiger partial charge is 0.339 e. The summed E-state index contributed by atoms with van der Waals surface area (Å²) in [5.74, 6) is -0.351. The molecule has 0 fully saturated rings. The van der Waals surface area contributed by atoms with Crippen molar-refractivity contribution >= 4 is 29.2 Å². The third-order valence-electron chi connectivity index (χ3n) is 2.29. The van der Waals surface area contributed by atoms with E-state index in [9.17, 15) is 4.79 Å². The highest BCUT2D eigenvalue weighted by Crippen LogP contribution is 2.37. The van der Waals surface area contributed by atoms with Gasteiger partial charge >= 0.3 is 5.97 Å². The molecule has 0 radical (unpaired) electrons. The van der Waals surface area contributed by atoms with Gasteiger partial charge in [-0.15, -0.1) is 6.58 Å². The topological polar surface area (TPSA) is 26.3 Å². The van der Waals surface area contributed by atoms with E-state index in [1.54, 1.807) is 18.2 Å². The van der Waals surface area contributed by atoms with Gasteiger partial charge in [-0.05, 0) is 12.1 Å². The fourth-order valence-electron chi connectivity index (χ4n) is 1.59. The largest absolute Gasteiger partial charge is 0.454 e. The summed E-state index contributed by atoms with van der Waals surface area (Å²) >= 11 is 11.7. The lowest BCUT2D eigenvalue weighted by Crippen LogP contribution is -1.96. The maximum Gasteiger partial charge on any atom is 0.339 e. The van der Waals surface area contributed by atoms with Crippen LogP contribution >= 0.6 is 23.2 Å². The van der Waals surface area contributed by atoms with E-state index in [1.807, 2.05) is 0 Å². The van der Waals surface area contributed by atoms with E-state index in [0.29, 0.717) is 22.0 Å². The Morgan fingerprint density at radius 2 is 2.07 bits per heavy atom. The zero-order chi connectivity index (χ0) is 11.0. The van der Waals surface area contributed by atoms with E-state index in [-0.39, 0.29) is 12.1 Å². The first-order valence-corrected chi connectivity index (χ1v) is 5.20. The average Bonchev–Trinajstić information content (AvgIpc) is 2.46. The minimum atomic E-state index is -0.351. The van der Waals surface area contributed by atoms with Crippen molar-refractivity contribution in [1.29, 1.82) is 0 Å². The highest BCUT2D eigenvalue weighted by Gasteiger charge is 2.30. The van der Waals surface area contributed by atoms with Crippen LogP contribution in [-0.4, -0.2) is 5.97 Å². The number of hydrogen-bond acceptors (Lipinski definition) is 2. The zero-order valence-corrected chi connectivity index (χ0v) is 9.31. The van der Waals surface area contributed by atoms with Gasteiger partial charge in [0.2, 0.25) is 0 Å². The first-order valence-electron chi connectivity index (χ1n) is 4.44. The van der Waals surface area contributed by atoms with Gasteiger partial charge in [0.25, 0.3) is 0 Å². The number of carbonyl (C=O) groups excluding carboxylic acids is 1. The second-order valence-corrected chi connectivity index (χ2v) is 4.09. The number of esters is 1. The minimum Gasteiger partial charge on any atom is -0.454 e. The molecule has 0 N–H and O–H groups in total. The van der Waals surface area contributed by atoms with Crippen LogP contribution in [0.5, 0.6) is 0 Å². The van der Waals surface area contributed by atoms with Gasteiger partial charge in [-0.1, -0.05) is 29.3 Å². The van der Waals surface area contributed by atoms with Crippen molar-refractivity contribution in [1.82, 2.24) is 0 Å². The SMILES string of the molecule is C=CC[C@@H]1OC(=O)c2cc(Cl)c(Cl)cc21. The summed E-state index contributed by atoms with van der Waals surface area (Å²) in [7, 11) is 0. The summed E-state index contributed by atoms with van der Waals surface area (Å²) in [6, 6.07) is 3.23. The minimum absolute atomic E-state index is 0.278. The summed E-state index contributed by atoms with van der Waals surface area (Å²) in [4.78, 5) is 11.5. The van der Waals surface area contributed by atoms with E-state index in [0.717, 1.165) is 5.56 Å². The molecule has 15 heavy (non-hydrogen) atoms. The lowest BCUT2D eigenvalue weighted by atomic mass is 10.0. The summed E-state index contributed by atoms with van der Waals surface area (Å²) < 4.78 is 5.15. The van der Waals surface area contributed by atoms with Crippen molar-refractivity contribution in [3.8, 4) is 0 Å². The Hall–Kier alpha value is -0.990. The van der Waals surface area contributed by atoms with Crippen molar-refractivity contribution < 1.29 is 9.53 Å². The van der Waals surface area contributed by atoms with E-state index < -0.39 is 0 Å². The molecule has 0 saturated heterocycles. The van der Waals surface area contributed by atoms with Gasteiger partial charge in [-0.2, -0.15) is 0 Å². The zero-order valence-electron chi connectivity index (χ0n) is 7.80. The summed E-state index contributed by atoms with van der Waals surface area (Å²) in [5, 5.41) is 0.800. The Bertz CT molecular complexity index is 440. The molecule has 0 aromatic heterocycles. The molecule has 78 valence electrons. The fraction of sp³-hybridized carbons (Fsp3) is 0.182. The predicted molar refractivity (Wildman–Crippen MR) is 59.4 cm³/mol. The number of carbonyl (C=O) groups is 1. The number of cyclic esters (lactones) is 1. The number of halogens is 2. The van der Waals surface area contributed by atoms with Gasteiger partial charge < -0.3 is 4.74 Å². The van der Waals surface area contributed by atoms with Gasteiger partial charge in [0.05, 0.1) is 15.6 Å². The maximum atomic E-state index is 11.5. The van der Waals surface area contributed by atoms with Crippen molar-refractivity contribution in [2.24, 2.45) is 0 Å². The van der Waals surface area contributed by atoms with Gasteiger partial charge in [0.15, 0.2) is 0 Å². The molecule has 4 heteroatoms. The fourth-order valence-corrected chi connectivity index (χ4v) is 1.92. The summed E-state index contributed by atoms with van der Waals surface area (Å²) in [5.41, 5.74) is 1.28.